The summed E-state index contributed by atoms with van der Waals surface area (Å²) in [4.78, 5) is 0. The van der Waals surface area contributed by atoms with Gasteiger partial charge in [0.15, 0.2) is 0 Å². The van der Waals surface area contributed by atoms with E-state index in [1.165, 1.54) is 5.56 Å². The Morgan fingerprint density at radius 2 is 2.12 bits per heavy atom. The van der Waals surface area contributed by atoms with Gasteiger partial charge in [0, 0.05) is 13.2 Å². The molecule has 1 aliphatic rings. The second-order valence-electron chi connectivity index (χ2n) is 4.35. The molecule has 0 amide bonds. The van der Waals surface area contributed by atoms with E-state index in [2.05, 4.69) is 12.1 Å². The minimum Gasteiger partial charge on any atom is -0.394 e. The molecule has 16 heavy (non-hydrogen) atoms. The highest BCUT2D eigenvalue weighted by Crippen LogP contribution is 2.28. The van der Waals surface area contributed by atoms with Crippen LogP contribution in [0.15, 0.2) is 24.3 Å². The van der Waals surface area contributed by atoms with Gasteiger partial charge in [0.1, 0.15) is 0 Å². The summed E-state index contributed by atoms with van der Waals surface area (Å²) in [6, 6.07) is 8.00. The predicted octanol–water partition coefficient (Wildman–Crippen LogP) is 1.57. The molecule has 0 radical (unpaired) electrons. The smallest absolute Gasteiger partial charge is 0.0624 e. The fourth-order valence-corrected chi connectivity index (χ4v) is 2.18. The van der Waals surface area contributed by atoms with Crippen molar-refractivity contribution >= 4 is 0 Å². The van der Waals surface area contributed by atoms with Crippen LogP contribution in [0.3, 0.4) is 0 Å². The van der Waals surface area contributed by atoms with Crippen LogP contribution in [0.1, 0.15) is 35.9 Å². The summed E-state index contributed by atoms with van der Waals surface area (Å²) < 4.78 is 5.36. The monoisotopic (exact) mass is 221 g/mol. The summed E-state index contributed by atoms with van der Waals surface area (Å²) in [5.74, 6) is 0.583. The molecule has 2 rings (SSSR count). The standard InChI is InChI=1S/C13H19NO2/c14-13(9-15)12-3-1-2-11(8-12)10-4-6-16-7-5-10/h1-3,8,10,13,15H,4-7,9,14H2. The Hall–Kier alpha value is -0.900. The first kappa shape index (κ1) is 11.6. The van der Waals surface area contributed by atoms with E-state index in [0.717, 1.165) is 31.6 Å². The summed E-state index contributed by atoms with van der Waals surface area (Å²) in [5, 5.41) is 9.04. The van der Waals surface area contributed by atoms with E-state index in [4.69, 9.17) is 15.6 Å². The number of aliphatic hydroxyl groups excluding tert-OH is 1. The van der Waals surface area contributed by atoms with Gasteiger partial charge in [-0.15, -0.1) is 0 Å². The van der Waals surface area contributed by atoms with Gasteiger partial charge in [-0.05, 0) is 29.9 Å². The van der Waals surface area contributed by atoms with Gasteiger partial charge in [0.25, 0.3) is 0 Å². The molecule has 3 nitrogen and oxygen atoms in total. The summed E-state index contributed by atoms with van der Waals surface area (Å²) in [5.41, 5.74) is 8.16. The van der Waals surface area contributed by atoms with Crippen molar-refractivity contribution in [3.63, 3.8) is 0 Å². The molecular weight excluding hydrogens is 202 g/mol. The number of hydrogen-bond acceptors (Lipinski definition) is 3. The fourth-order valence-electron chi connectivity index (χ4n) is 2.18. The molecule has 0 aromatic heterocycles. The third kappa shape index (κ3) is 2.61. The van der Waals surface area contributed by atoms with Gasteiger partial charge >= 0.3 is 0 Å². The lowest BCUT2D eigenvalue weighted by Gasteiger charge is -2.23. The van der Waals surface area contributed by atoms with Gasteiger partial charge in [-0.1, -0.05) is 24.3 Å². The van der Waals surface area contributed by atoms with Crippen molar-refractivity contribution in [2.45, 2.75) is 24.8 Å². The third-order valence-corrected chi connectivity index (χ3v) is 3.23. The number of nitrogens with two attached hydrogens (primary N) is 1. The SMILES string of the molecule is NC(CO)c1cccc(C2CCOCC2)c1. The van der Waals surface area contributed by atoms with Crippen LogP contribution in [0.4, 0.5) is 0 Å². The quantitative estimate of drug-likeness (QED) is 0.814. The van der Waals surface area contributed by atoms with E-state index in [0.29, 0.717) is 5.92 Å². The average Bonchev–Trinajstić information content (AvgIpc) is 2.39. The Morgan fingerprint density at radius 3 is 2.81 bits per heavy atom. The van der Waals surface area contributed by atoms with E-state index in [1.54, 1.807) is 0 Å². The number of ether oxygens (including phenoxy) is 1. The topological polar surface area (TPSA) is 55.5 Å². The lowest BCUT2D eigenvalue weighted by atomic mass is 9.90. The van der Waals surface area contributed by atoms with Crippen molar-refractivity contribution < 1.29 is 9.84 Å². The first-order chi connectivity index (χ1) is 7.81. The molecule has 1 heterocycles. The maximum Gasteiger partial charge on any atom is 0.0624 e. The molecule has 88 valence electrons. The largest absolute Gasteiger partial charge is 0.394 e. The maximum absolute atomic E-state index is 9.04. The van der Waals surface area contributed by atoms with Gasteiger partial charge in [-0.2, -0.15) is 0 Å². The normalized spacial score (nSPS) is 19.6. The van der Waals surface area contributed by atoms with Gasteiger partial charge in [-0.3, -0.25) is 0 Å². The minimum absolute atomic E-state index is 0.00275. The molecular formula is C13H19NO2. The third-order valence-electron chi connectivity index (χ3n) is 3.23. The van der Waals surface area contributed by atoms with Crippen LogP contribution in [0, 0.1) is 0 Å². The highest BCUT2D eigenvalue weighted by atomic mass is 16.5. The highest BCUT2D eigenvalue weighted by molar-refractivity contribution is 5.28. The zero-order chi connectivity index (χ0) is 11.4. The van der Waals surface area contributed by atoms with E-state index in [-0.39, 0.29) is 12.6 Å². The first-order valence-corrected chi connectivity index (χ1v) is 5.85. The lowest BCUT2D eigenvalue weighted by Crippen LogP contribution is -2.17. The van der Waals surface area contributed by atoms with Crippen LogP contribution in [0.25, 0.3) is 0 Å². The Balaban J connectivity index is 2.14. The molecule has 0 aliphatic carbocycles. The van der Waals surface area contributed by atoms with Crippen LogP contribution in [0.5, 0.6) is 0 Å². The van der Waals surface area contributed by atoms with Crippen molar-refractivity contribution in [3.8, 4) is 0 Å². The van der Waals surface area contributed by atoms with Crippen LogP contribution in [-0.4, -0.2) is 24.9 Å². The molecule has 3 heteroatoms. The van der Waals surface area contributed by atoms with Gasteiger partial charge in [-0.25, -0.2) is 0 Å². The van der Waals surface area contributed by atoms with Crippen molar-refractivity contribution in [1.82, 2.24) is 0 Å². The summed E-state index contributed by atoms with van der Waals surface area (Å²) in [7, 11) is 0. The number of hydrogen-bond donors (Lipinski definition) is 2. The van der Waals surface area contributed by atoms with E-state index in [1.807, 2.05) is 12.1 Å². The van der Waals surface area contributed by atoms with Gasteiger partial charge < -0.3 is 15.6 Å². The summed E-state index contributed by atoms with van der Waals surface area (Å²) in [6.07, 6.45) is 2.16. The van der Waals surface area contributed by atoms with Crippen molar-refractivity contribution in [2.75, 3.05) is 19.8 Å². The molecule has 1 atom stereocenters. The average molecular weight is 221 g/mol. The summed E-state index contributed by atoms with van der Waals surface area (Å²) >= 11 is 0. The molecule has 1 aromatic carbocycles. The molecule has 1 fully saturated rings. The minimum atomic E-state index is -0.264. The molecule has 3 N–H and O–H groups in total. The van der Waals surface area contributed by atoms with Crippen LogP contribution in [0.2, 0.25) is 0 Å². The summed E-state index contributed by atoms with van der Waals surface area (Å²) in [6.45, 7) is 1.69. The fraction of sp³-hybridized carbons (Fsp3) is 0.538. The highest BCUT2D eigenvalue weighted by Gasteiger charge is 2.16. The maximum atomic E-state index is 9.04. The second kappa shape index (κ2) is 5.43. The lowest BCUT2D eigenvalue weighted by molar-refractivity contribution is 0.0853. The second-order valence-corrected chi connectivity index (χ2v) is 4.35. The molecule has 0 bridgehead atoms. The van der Waals surface area contributed by atoms with Gasteiger partial charge in [0.05, 0.1) is 12.6 Å². The Morgan fingerprint density at radius 1 is 1.38 bits per heavy atom. The first-order valence-electron chi connectivity index (χ1n) is 5.85. The number of aliphatic hydroxyl groups is 1. The molecule has 1 unspecified atom stereocenters. The predicted molar refractivity (Wildman–Crippen MR) is 63.3 cm³/mol. The van der Waals surface area contributed by atoms with E-state index in [9.17, 15) is 0 Å². The zero-order valence-corrected chi connectivity index (χ0v) is 9.43. The molecule has 1 saturated heterocycles. The van der Waals surface area contributed by atoms with Crippen LogP contribution >= 0.6 is 0 Å². The zero-order valence-electron chi connectivity index (χ0n) is 9.43. The van der Waals surface area contributed by atoms with E-state index < -0.39 is 0 Å². The molecule has 1 aromatic rings. The van der Waals surface area contributed by atoms with E-state index >= 15 is 0 Å². The number of benzene rings is 1. The van der Waals surface area contributed by atoms with Crippen LogP contribution < -0.4 is 5.73 Å². The Kier molecular flexibility index (Phi) is 3.93. The van der Waals surface area contributed by atoms with Crippen LogP contribution in [-0.2, 0) is 4.74 Å². The molecule has 0 spiro atoms. The van der Waals surface area contributed by atoms with Crippen molar-refractivity contribution in [2.24, 2.45) is 5.73 Å². The van der Waals surface area contributed by atoms with Crippen molar-refractivity contribution in [1.29, 1.82) is 0 Å². The Bertz CT molecular complexity index is 334. The molecule has 1 aliphatic heterocycles. The molecule has 0 saturated carbocycles. The van der Waals surface area contributed by atoms with Crippen molar-refractivity contribution in [3.05, 3.63) is 35.4 Å². The Labute approximate surface area is 96.2 Å². The number of rotatable bonds is 3. The van der Waals surface area contributed by atoms with Gasteiger partial charge in [0.2, 0.25) is 0 Å².